The number of thioether (sulfide) groups is 1. The number of rotatable bonds is 65. The third-order valence-electron chi connectivity index (χ3n) is 22.3. The van der Waals surface area contributed by atoms with E-state index in [1.54, 1.807) is 133 Å². The van der Waals surface area contributed by atoms with Gasteiger partial charge in [0, 0.05) is 94.1 Å². The number of aliphatic hydroxyl groups excluding tert-OH is 2. The molecule has 23 N–H and O–H groups in total. The third-order valence-corrected chi connectivity index (χ3v) is 23.4. The standard InChI is InChI=1S/C97H149N21O19S/c1-9-10-11-12-13-14-15-16-17-18-19-20-21-33-48-104-79(124)60-117(59-76(98)121)81(126)47-32-25-34-49-105-86(128)72(53-65-38-26-22-27-39-65)112-88(130)71(46-36-51-107-95(101)102)111-90(132)74(62-138-75(93(135)137-97(6,7)8)56-82(127)136-96(3,4)5)114-87(129)70(45-35-50-106-94(99)100)110-77(122)55-69-44-37-52-118(69)92(134)85(83(66-40-28-23-29-41-66)67-42-30-24-31-43-67)116-89(131)73(54-68-57-103-63-109-68)113-91(133)84(64(2)120)115-78(123)58-108-80(125)61-119/h22-24,26-31,38-43,56-57,63-64,69-74,83-85,119-120H,9-21,25,32-37,44-55,58-62H2,1-8H3,(H2,98,121)(H,103,109)(H,104,124)(H,105,128)(H,108,125)(H,110,122)(H,111,132)(H,112,130)(H,113,133)(H,114,129)(H,115,123)(H,116,131)(H4,99,100,106)(H4,101,102,107)/b75-56-/t64-,69+,70+,71+,72+,73+,74+,84+,85+/m1/s1. The number of amides is 13. The maximum absolute atomic E-state index is 16.0. The van der Waals surface area contributed by atoms with Crippen LogP contribution in [0.5, 0.6) is 0 Å². The summed E-state index contributed by atoms with van der Waals surface area (Å²) in [5.74, 6) is -15.0. The average Bonchev–Trinajstić information content (AvgIpc) is 1.67. The van der Waals surface area contributed by atoms with Gasteiger partial charge >= 0.3 is 11.9 Å². The van der Waals surface area contributed by atoms with Gasteiger partial charge in [0.15, 0.2) is 11.9 Å². The first-order chi connectivity index (χ1) is 65.7. The van der Waals surface area contributed by atoms with E-state index in [1.165, 1.54) is 88.6 Å². The van der Waals surface area contributed by atoms with Crippen molar-refractivity contribution in [2.24, 2.45) is 17.2 Å². The van der Waals surface area contributed by atoms with Crippen LogP contribution in [0, 0.1) is 10.8 Å². The second-order valence-corrected chi connectivity index (χ2v) is 37.5. The normalized spacial score (nSPS) is 14.3. The number of imidazole rings is 1. The molecule has 1 aliphatic rings. The van der Waals surface area contributed by atoms with Crippen molar-refractivity contribution in [1.29, 1.82) is 10.8 Å². The van der Waals surface area contributed by atoms with Crippen molar-refractivity contribution >= 4 is 112 Å². The number of primary amides is 1. The first-order valence-corrected chi connectivity index (χ1v) is 48.9. The van der Waals surface area contributed by atoms with Crippen molar-refractivity contribution in [3.63, 3.8) is 0 Å². The highest BCUT2D eigenvalue weighted by molar-refractivity contribution is 8.04. The number of aromatic nitrogens is 2. The fourth-order valence-corrected chi connectivity index (χ4v) is 16.3. The van der Waals surface area contributed by atoms with Crippen LogP contribution in [0.15, 0.2) is 115 Å². The van der Waals surface area contributed by atoms with Crippen molar-refractivity contribution in [3.05, 3.63) is 137 Å². The molecule has 0 spiro atoms. The minimum Gasteiger partial charge on any atom is -0.457 e. The molecule has 5 rings (SSSR count). The second kappa shape index (κ2) is 63.1. The number of guanidine groups is 2. The number of esters is 2. The molecule has 3 aromatic carbocycles. The minimum absolute atomic E-state index is 0.00525. The van der Waals surface area contributed by atoms with Crippen LogP contribution in [0.1, 0.15) is 244 Å². The fourth-order valence-electron chi connectivity index (χ4n) is 15.4. The SMILES string of the molecule is CCCCCCCCCCCCCCCCNC(=O)CN(CC(N)=O)C(=O)CCCCCNC(=O)[C@H](Cc1ccccc1)NC(=O)[C@H](CCCNC(=N)N)NC(=O)[C@H](CS/C(=C\C(=O)OC(C)(C)C)C(=O)OC(C)(C)C)NC(=O)[C@H](CCCNC(=N)N)NC(=O)C[C@@H]1CCCN1C(=O)[C@@H](NC(=O)[C@H](Cc1cnc[nH]1)NC(=O)[C@@H](NC(=O)CNC(=O)CO)[C@@H](C)O)C(c1ccccc1)c1ccccc1. The van der Waals surface area contributed by atoms with Crippen molar-refractivity contribution in [2.75, 3.05) is 64.7 Å². The van der Waals surface area contributed by atoms with E-state index in [1.807, 2.05) is 0 Å². The minimum atomic E-state index is -1.81. The molecule has 0 bridgehead atoms. The molecule has 9 atom stereocenters. The van der Waals surface area contributed by atoms with Gasteiger partial charge in [0.05, 0.1) is 30.4 Å². The number of likely N-dealkylation sites (tertiary alicyclic amines) is 1. The Morgan fingerprint density at radius 3 is 1.56 bits per heavy atom. The van der Waals surface area contributed by atoms with Gasteiger partial charge in [-0.2, -0.15) is 0 Å². The van der Waals surface area contributed by atoms with E-state index in [0.717, 1.165) is 36.7 Å². The number of benzene rings is 3. The zero-order chi connectivity index (χ0) is 102. The summed E-state index contributed by atoms with van der Waals surface area (Å²) in [6, 6.07) is 14.1. The number of carbonyl (C=O) groups excluding carboxylic acids is 15. The van der Waals surface area contributed by atoms with Gasteiger partial charge in [0.2, 0.25) is 76.8 Å². The molecule has 1 saturated heterocycles. The maximum Gasteiger partial charge on any atom is 0.345 e. The zero-order valence-electron chi connectivity index (χ0n) is 81.1. The van der Waals surface area contributed by atoms with Gasteiger partial charge in [0.1, 0.15) is 66.6 Å². The van der Waals surface area contributed by atoms with E-state index < -0.39 is 204 Å². The topological polar surface area (TPSA) is 620 Å². The lowest BCUT2D eigenvalue weighted by molar-refractivity contribution is -0.151. The Morgan fingerprint density at radius 1 is 0.536 bits per heavy atom. The number of H-pyrrole nitrogens is 1. The number of hydrogen-bond acceptors (Lipinski definition) is 23. The molecule has 0 aliphatic carbocycles. The predicted octanol–water partition coefficient (Wildman–Crippen LogP) is 3.71. The predicted molar refractivity (Wildman–Crippen MR) is 523 cm³/mol. The van der Waals surface area contributed by atoms with Crippen LogP contribution >= 0.6 is 11.8 Å². The summed E-state index contributed by atoms with van der Waals surface area (Å²) in [6.45, 7) is 11.0. The lowest BCUT2D eigenvalue weighted by Crippen LogP contribution is -2.61. The Hall–Kier alpha value is -12.5. The highest BCUT2D eigenvalue weighted by atomic mass is 32.2. The average molecular weight is 1950 g/mol. The molecule has 1 aromatic heterocycles. The van der Waals surface area contributed by atoms with E-state index in [9.17, 15) is 53.4 Å². The Kier molecular flexibility index (Phi) is 53.0. The Morgan fingerprint density at radius 2 is 1.03 bits per heavy atom. The van der Waals surface area contributed by atoms with Crippen molar-refractivity contribution in [2.45, 2.75) is 300 Å². The van der Waals surface area contributed by atoms with Crippen molar-refractivity contribution in [3.8, 4) is 0 Å². The van der Waals surface area contributed by atoms with Gasteiger partial charge in [-0.25, -0.2) is 14.6 Å². The van der Waals surface area contributed by atoms with Crippen LogP contribution in [-0.4, -0.2) is 261 Å². The van der Waals surface area contributed by atoms with Crippen LogP contribution < -0.4 is 81.0 Å². The van der Waals surface area contributed by atoms with Gasteiger partial charge in [0.25, 0.3) is 0 Å². The lowest BCUT2D eigenvalue weighted by atomic mass is 9.84. The van der Waals surface area contributed by atoms with E-state index in [2.05, 4.69) is 80.7 Å². The number of nitrogens with two attached hydrogens (primary N) is 3. The Labute approximate surface area is 813 Å². The van der Waals surface area contributed by atoms with Gasteiger partial charge in [-0.1, -0.05) is 188 Å². The number of nitrogens with one attached hydrogen (secondary N) is 15. The van der Waals surface area contributed by atoms with Crippen LogP contribution in [0.2, 0.25) is 0 Å². The van der Waals surface area contributed by atoms with Crippen LogP contribution in [-0.2, 0) is 94.2 Å². The maximum atomic E-state index is 16.0. The molecule has 762 valence electrons. The van der Waals surface area contributed by atoms with Crippen molar-refractivity contribution in [1.82, 2.24) is 83.6 Å². The first kappa shape index (κ1) is 116. The lowest BCUT2D eigenvalue weighted by Gasteiger charge is -2.35. The monoisotopic (exact) mass is 1940 g/mol. The zero-order valence-corrected chi connectivity index (χ0v) is 82.0. The molecule has 40 nitrogen and oxygen atoms in total. The molecule has 13 amide bonds. The van der Waals surface area contributed by atoms with Gasteiger partial charge in [-0.05, 0) is 123 Å². The summed E-state index contributed by atoms with van der Waals surface area (Å²) in [5.41, 5.74) is 16.7. The molecule has 41 heteroatoms. The van der Waals surface area contributed by atoms with Crippen LogP contribution in [0.25, 0.3) is 0 Å². The number of unbranched alkanes of at least 4 members (excludes halogenated alkanes) is 15. The molecule has 0 radical (unpaired) electrons. The van der Waals surface area contributed by atoms with E-state index in [-0.39, 0.29) is 89.0 Å². The van der Waals surface area contributed by atoms with Gasteiger partial charge < -0.3 is 115 Å². The summed E-state index contributed by atoms with van der Waals surface area (Å²) in [7, 11) is 0. The van der Waals surface area contributed by atoms with Gasteiger partial charge in [-0.3, -0.25) is 73.1 Å². The number of ether oxygens (including phenoxy) is 2. The Balaban J connectivity index is 1.44. The molecule has 4 aromatic rings. The molecule has 0 saturated carbocycles. The largest absolute Gasteiger partial charge is 0.457 e. The third kappa shape index (κ3) is 47.0. The molecule has 0 unspecified atom stereocenters. The molecule has 138 heavy (non-hydrogen) atoms. The summed E-state index contributed by atoms with van der Waals surface area (Å²) >= 11 is 0.594. The number of nitrogens with zero attached hydrogens (tertiary/aromatic N) is 3. The number of carbonyl (C=O) groups is 15. The van der Waals surface area contributed by atoms with E-state index in [4.69, 9.17) is 37.5 Å². The quantitative estimate of drug-likeness (QED) is 0.00985. The molecule has 1 aliphatic heterocycles. The summed E-state index contributed by atoms with van der Waals surface area (Å²) in [4.78, 5) is 222. The van der Waals surface area contributed by atoms with E-state index in [0.29, 0.717) is 66.4 Å². The number of hydrogen-bond donors (Lipinski definition) is 20. The summed E-state index contributed by atoms with van der Waals surface area (Å²) < 4.78 is 11.3. The van der Waals surface area contributed by atoms with Crippen LogP contribution in [0.3, 0.4) is 0 Å². The molecular weight excluding hydrogens is 1800 g/mol. The molecule has 1 fully saturated rings. The highest BCUT2D eigenvalue weighted by Crippen LogP contribution is 2.33. The van der Waals surface area contributed by atoms with Gasteiger partial charge in [-0.15, -0.1) is 11.8 Å². The molecular formula is C97H149N21O19S. The fraction of sp³-hybridized carbons (Fsp3) is 0.588. The van der Waals surface area contributed by atoms with Crippen molar-refractivity contribution < 1.29 is 91.6 Å². The first-order valence-electron chi connectivity index (χ1n) is 47.9. The number of aliphatic hydroxyl groups is 2. The number of aromatic amines is 1. The van der Waals surface area contributed by atoms with Crippen LogP contribution in [0.4, 0.5) is 0 Å². The highest BCUT2D eigenvalue weighted by Gasteiger charge is 2.43. The summed E-state index contributed by atoms with van der Waals surface area (Å²) in [6.07, 6.45) is 19.0. The smallest absolute Gasteiger partial charge is 0.345 e. The second-order valence-electron chi connectivity index (χ2n) is 36.5. The van der Waals surface area contributed by atoms with E-state index >= 15 is 28.8 Å². The summed E-state index contributed by atoms with van der Waals surface area (Å²) in [5, 5.41) is 68.0. The molecule has 2 heterocycles. The Bertz CT molecular complexity index is 4520.